The number of carbonyl (C=O) groups is 2. The molecule has 3 rings (SSSR count). The van der Waals surface area contributed by atoms with E-state index in [2.05, 4.69) is 15.6 Å². The van der Waals surface area contributed by atoms with E-state index in [0.717, 1.165) is 22.4 Å². The third-order valence-electron chi connectivity index (χ3n) is 3.71. The van der Waals surface area contributed by atoms with Crippen molar-refractivity contribution in [2.75, 3.05) is 19.0 Å². The lowest BCUT2D eigenvalue weighted by Crippen LogP contribution is -2.34. The highest BCUT2D eigenvalue weighted by molar-refractivity contribution is 7.22. The molecule has 7 heteroatoms. The Morgan fingerprint density at radius 1 is 1.45 bits per heavy atom. The number of thiazole rings is 1. The van der Waals surface area contributed by atoms with Crippen LogP contribution in [0, 0.1) is 11.8 Å². The van der Waals surface area contributed by atoms with Crippen LogP contribution >= 0.6 is 11.3 Å². The van der Waals surface area contributed by atoms with E-state index in [1.807, 2.05) is 25.1 Å². The quantitative estimate of drug-likeness (QED) is 0.883. The highest BCUT2D eigenvalue weighted by Crippen LogP contribution is 2.37. The molecule has 0 spiro atoms. The number of hydrogen-bond acceptors (Lipinski definition) is 5. The predicted molar refractivity (Wildman–Crippen MR) is 85.1 cm³/mol. The van der Waals surface area contributed by atoms with Gasteiger partial charge in [0, 0.05) is 5.92 Å². The molecule has 0 bridgehead atoms. The number of amides is 2. The summed E-state index contributed by atoms with van der Waals surface area (Å²) < 4.78 is 6.09. The number of carbonyl (C=O) groups excluding carboxylic acids is 2. The Balaban J connectivity index is 1.58. The molecule has 0 radical (unpaired) electrons. The maximum absolute atomic E-state index is 11.9. The zero-order valence-corrected chi connectivity index (χ0v) is 13.2. The first kappa shape index (κ1) is 14.8. The normalized spacial score (nSPS) is 19.7. The van der Waals surface area contributed by atoms with Gasteiger partial charge in [0.25, 0.3) is 0 Å². The van der Waals surface area contributed by atoms with Gasteiger partial charge in [0.05, 0.1) is 23.9 Å². The standard InChI is InChI=1S/C15H17N3O3S/c1-8-5-10(8)14(20)16-7-13(19)18-15-17-11-4-3-9(21-2)6-12(11)22-15/h3-4,6,8,10H,5,7H2,1-2H3,(H,16,20)(H,17,18,19)/t8-,10+/m0/s1. The number of methoxy groups -OCH3 is 1. The van der Waals surface area contributed by atoms with E-state index in [1.54, 1.807) is 7.11 Å². The number of anilines is 1. The number of rotatable bonds is 5. The fraction of sp³-hybridized carbons (Fsp3) is 0.400. The average molecular weight is 319 g/mol. The molecule has 1 fully saturated rings. The van der Waals surface area contributed by atoms with Crippen LogP contribution in [0.5, 0.6) is 5.75 Å². The van der Waals surface area contributed by atoms with Crippen LogP contribution in [-0.4, -0.2) is 30.5 Å². The monoisotopic (exact) mass is 319 g/mol. The van der Waals surface area contributed by atoms with E-state index in [0.29, 0.717) is 11.0 Å². The van der Waals surface area contributed by atoms with Gasteiger partial charge in [-0.25, -0.2) is 4.98 Å². The molecule has 2 N–H and O–H groups in total. The summed E-state index contributed by atoms with van der Waals surface area (Å²) >= 11 is 1.37. The molecular formula is C15H17N3O3S. The number of fused-ring (bicyclic) bond motifs is 1. The molecule has 1 heterocycles. The van der Waals surface area contributed by atoms with Crippen molar-refractivity contribution in [2.24, 2.45) is 11.8 Å². The van der Waals surface area contributed by atoms with Crippen LogP contribution in [0.4, 0.5) is 5.13 Å². The van der Waals surface area contributed by atoms with Crippen molar-refractivity contribution in [3.8, 4) is 5.75 Å². The van der Waals surface area contributed by atoms with Crippen LogP contribution in [0.25, 0.3) is 10.2 Å². The van der Waals surface area contributed by atoms with Gasteiger partial charge in [0.2, 0.25) is 11.8 Å². The number of nitrogens with one attached hydrogen (secondary N) is 2. The van der Waals surface area contributed by atoms with Crippen LogP contribution in [0.15, 0.2) is 18.2 Å². The van der Waals surface area contributed by atoms with E-state index >= 15 is 0 Å². The van der Waals surface area contributed by atoms with E-state index < -0.39 is 0 Å². The van der Waals surface area contributed by atoms with Crippen molar-refractivity contribution in [3.05, 3.63) is 18.2 Å². The van der Waals surface area contributed by atoms with Crippen molar-refractivity contribution in [1.82, 2.24) is 10.3 Å². The zero-order chi connectivity index (χ0) is 15.7. The number of nitrogens with zero attached hydrogens (tertiary/aromatic N) is 1. The van der Waals surface area contributed by atoms with Crippen molar-refractivity contribution >= 4 is 38.5 Å². The summed E-state index contributed by atoms with van der Waals surface area (Å²) in [5.74, 6) is 0.939. The topological polar surface area (TPSA) is 80.3 Å². The molecule has 1 aliphatic rings. The zero-order valence-electron chi connectivity index (χ0n) is 12.4. The van der Waals surface area contributed by atoms with Gasteiger partial charge in [-0.3, -0.25) is 9.59 Å². The number of benzene rings is 1. The third-order valence-corrected chi connectivity index (χ3v) is 4.64. The Hall–Kier alpha value is -2.15. The third kappa shape index (κ3) is 3.19. The fourth-order valence-electron chi connectivity index (χ4n) is 2.23. The first-order valence-electron chi connectivity index (χ1n) is 7.09. The first-order chi connectivity index (χ1) is 10.6. The molecule has 2 aromatic rings. The van der Waals surface area contributed by atoms with Crippen LogP contribution in [-0.2, 0) is 9.59 Å². The highest BCUT2D eigenvalue weighted by Gasteiger charge is 2.38. The molecule has 0 aliphatic heterocycles. The molecule has 1 aromatic heterocycles. The van der Waals surface area contributed by atoms with Gasteiger partial charge in [-0.05, 0) is 30.5 Å². The van der Waals surface area contributed by atoms with Crippen molar-refractivity contribution in [3.63, 3.8) is 0 Å². The minimum Gasteiger partial charge on any atom is -0.497 e. The van der Waals surface area contributed by atoms with Crippen LogP contribution < -0.4 is 15.4 Å². The molecule has 2 atom stereocenters. The number of hydrogen-bond donors (Lipinski definition) is 2. The smallest absolute Gasteiger partial charge is 0.245 e. The van der Waals surface area contributed by atoms with Crippen molar-refractivity contribution in [2.45, 2.75) is 13.3 Å². The summed E-state index contributed by atoms with van der Waals surface area (Å²) in [7, 11) is 1.61. The van der Waals surface area contributed by atoms with Gasteiger partial charge in [-0.15, -0.1) is 0 Å². The van der Waals surface area contributed by atoms with E-state index in [4.69, 9.17) is 4.74 Å². The largest absolute Gasteiger partial charge is 0.497 e. The Bertz CT molecular complexity index is 728. The van der Waals surface area contributed by atoms with Crippen molar-refractivity contribution < 1.29 is 14.3 Å². The minimum atomic E-state index is -0.271. The summed E-state index contributed by atoms with van der Waals surface area (Å²) in [4.78, 5) is 27.9. The van der Waals surface area contributed by atoms with E-state index in [9.17, 15) is 9.59 Å². The highest BCUT2D eigenvalue weighted by atomic mass is 32.1. The van der Waals surface area contributed by atoms with Gasteiger partial charge in [-0.2, -0.15) is 0 Å². The van der Waals surface area contributed by atoms with Gasteiger partial charge in [0.15, 0.2) is 5.13 Å². The maximum Gasteiger partial charge on any atom is 0.245 e. The Morgan fingerprint density at radius 2 is 2.23 bits per heavy atom. The SMILES string of the molecule is COc1ccc2nc(NC(=O)CNC(=O)[C@@H]3C[C@@H]3C)sc2c1. The lowest BCUT2D eigenvalue weighted by atomic mass is 10.3. The second kappa shape index (κ2) is 5.92. The maximum atomic E-state index is 11.9. The van der Waals surface area contributed by atoms with Gasteiger partial charge < -0.3 is 15.4 Å². The van der Waals surface area contributed by atoms with Gasteiger partial charge in [-0.1, -0.05) is 18.3 Å². The number of aromatic nitrogens is 1. The molecule has 2 amide bonds. The molecule has 116 valence electrons. The average Bonchev–Trinajstić information content (AvgIpc) is 3.09. The molecule has 0 unspecified atom stereocenters. The predicted octanol–water partition coefficient (Wildman–Crippen LogP) is 2.02. The fourth-order valence-corrected chi connectivity index (χ4v) is 3.15. The summed E-state index contributed by atoms with van der Waals surface area (Å²) in [6.07, 6.45) is 0.910. The molecule has 1 aromatic carbocycles. The molecule has 22 heavy (non-hydrogen) atoms. The van der Waals surface area contributed by atoms with Crippen LogP contribution in [0.3, 0.4) is 0 Å². The lowest BCUT2D eigenvalue weighted by Gasteiger charge is -2.03. The minimum absolute atomic E-state index is 0.0265. The Morgan fingerprint density at radius 3 is 2.91 bits per heavy atom. The van der Waals surface area contributed by atoms with Crippen LogP contribution in [0.2, 0.25) is 0 Å². The van der Waals surface area contributed by atoms with Gasteiger partial charge in [0.1, 0.15) is 5.75 Å². The number of ether oxygens (including phenoxy) is 1. The van der Waals surface area contributed by atoms with E-state index in [-0.39, 0.29) is 24.3 Å². The lowest BCUT2D eigenvalue weighted by molar-refractivity contribution is -0.125. The summed E-state index contributed by atoms with van der Waals surface area (Å²) in [5.41, 5.74) is 0.803. The molecule has 1 saturated carbocycles. The Labute approximate surface area is 131 Å². The second-order valence-corrected chi connectivity index (χ2v) is 6.47. The Kier molecular flexibility index (Phi) is 3.98. The summed E-state index contributed by atoms with van der Waals surface area (Å²) in [6, 6.07) is 5.54. The molecule has 6 nitrogen and oxygen atoms in total. The van der Waals surface area contributed by atoms with Crippen molar-refractivity contribution in [1.29, 1.82) is 0 Å². The molecule has 1 aliphatic carbocycles. The molecule has 0 saturated heterocycles. The van der Waals surface area contributed by atoms with E-state index in [1.165, 1.54) is 11.3 Å². The van der Waals surface area contributed by atoms with Gasteiger partial charge >= 0.3 is 0 Å². The molecular weight excluding hydrogens is 302 g/mol. The summed E-state index contributed by atoms with van der Waals surface area (Å²) in [6.45, 7) is 2.00. The summed E-state index contributed by atoms with van der Waals surface area (Å²) in [5, 5.41) is 5.88. The second-order valence-electron chi connectivity index (χ2n) is 5.44. The van der Waals surface area contributed by atoms with Crippen LogP contribution in [0.1, 0.15) is 13.3 Å². The first-order valence-corrected chi connectivity index (χ1v) is 7.90.